The van der Waals surface area contributed by atoms with Crippen LogP contribution in [0.3, 0.4) is 0 Å². The maximum Gasteiger partial charge on any atom is 0.312 e. The number of hydrogen-bond donors (Lipinski definition) is 1. The molecule has 104 valence electrons. The number of nitro groups is 1. The summed E-state index contributed by atoms with van der Waals surface area (Å²) in [5, 5.41) is 21.0. The molecule has 19 heavy (non-hydrogen) atoms. The van der Waals surface area contributed by atoms with Gasteiger partial charge in [-0.15, -0.1) is 0 Å². The van der Waals surface area contributed by atoms with Crippen molar-refractivity contribution in [3.05, 3.63) is 32.3 Å². The fourth-order valence-corrected chi connectivity index (χ4v) is 2.93. The molecular weight excluding hydrogens is 314 g/mol. The first-order chi connectivity index (χ1) is 8.99. The van der Waals surface area contributed by atoms with E-state index in [1.807, 2.05) is 0 Å². The van der Waals surface area contributed by atoms with Crippen molar-refractivity contribution in [1.82, 2.24) is 0 Å². The summed E-state index contributed by atoms with van der Waals surface area (Å²) < 4.78 is 6.38. The van der Waals surface area contributed by atoms with Gasteiger partial charge in [-0.25, -0.2) is 0 Å². The van der Waals surface area contributed by atoms with Crippen LogP contribution in [0.15, 0.2) is 16.6 Å². The van der Waals surface area contributed by atoms with Crippen molar-refractivity contribution >= 4 is 21.6 Å². The third kappa shape index (κ3) is 3.25. The van der Waals surface area contributed by atoms with Gasteiger partial charge < -0.3 is 9.84 Å². The van der Waals surface area contributed by atoms with E-state index in [-0.39, 0.29) is 17.5 Å². The van der Waals surface area contributed by atoms with E-state index in [0.717, 1.165) is 19.3 Å². The van der Waals surface area contributed by atoms with Gasteiger partial charge in [0.05, 0.1) is 11.0 Å². The van der Waals surface area contributed by atoms with Crippen molar-refractivity contribution in [3.63, 3.8) is 0 Å². The molecule has 1 saturated carbocycles. The van der Waals surface area contributed by atoms with Crippen LogP contribution >= 0.6 is 15.9 Å². The zero-order chi connectivity index (χ0) is 14.0. The Labute approximate surface area is 119 Å². The van der Waals surface area contributed by atoms with E-state index in [9.17, 15) is 15.2 Å². The Morgan fingerprint density at radius 2 is 2.11 bits per heavy atom. The van der Waals surface area contributed by atoms with E-state index in [1.54, 1.807) is 13.0 Å². The normalized spacial score (nSPS) is 23.1. The second kappa shape index (κ2) is 5.88. The number of ether oxygens (including phenoxy) is 1. The summed E-state index contributed by atoms with van der Waals surface area (Å²) >= 11 is 3.24. The highest BCUT2D eigenvalue weighted by molar-refractivity contribution is 9.10. The van der Waals surface area contributed by atoms with Gasteiger partial charge in [-0.1, -0.05) is 22.4 Å². The summed E-state index contributed by atoms with van der Waals surface area (Å²) in [6.45, 7) is 1.77. The summed E-state index contributed by atoms with van der Waals surface area (Å²) in [6.07, 6.45) is 2.47. The van der Waals surface area contributed by atoms with E-state index < -0.39 is 11.0 Å². The molecule has 2 atom stereocenters. The fraction of sp³-hybridized carbons (Fsp3) is 0.538. The summed E-state index contributed by atoms with van der Waals surface area (Å²) in [4.78, 5) is 10.6. The van der Waals surface area contributed by atoms with Crippen LogP contribution in [0, 0.1) is 17.0 Å². The molecule has 1 aliphatic carbocycles. The Balaban J connectivity index is 2.30. The van der Waals surface area contributed by atoms with Gasteiger partial charge >= 0.3 is 5.69 Å². The molecule has 0 heterocycles. The topological polar surface area (TPSA) is 72.6 Å². The second-order valence-corrected chi connectivity index (χ2v) is 5.75. The molecule has 1 aromatic carbocycles. The Kier molecular flexibility index (Phi) is 4.42. The predicted octanol–water partition coefficient (Wildman–Crippen LogP) is 3.35. The van der Waals surface area contributed by atoms with Gasteiger partial charge in [-0.3, -0.25) is 10.1 Å². The van der Waals surface area contributed by atoms with Crippen LogP contribution in [-0.4, -0.2) is 22.2 Å². The largest absolute Gasteiger partial charge is 0.481 e. The van der Waals surface area contributed by atoms with Crippen molar-refractivity contribution in [3.8, 4) is 5.75 Å². The monoisotopic (exact) mass is 329 g/mol. The van der Waals surface area contributed by atoms with Crippen molar-refractivity contribution in [2.24, 2.45) is 0 Å². The minimum Gasteiger partial charge on any atom is -0.481 e. The molecule has 0 spiro atoms. The first kappa shape index (κ1) is 14.3. The maximum atomic E-state index is 11.1. The van der Waals surface area contributed by atoms with Crippen LogP contribution in [0.2, 0.25) is 0 Å². The molecule has 5 nitrogen and oxygen atoms in total. The van der Waals surface area contributed by atoms with Crippen molar-refractivity contribution in [2.45, 2.75) is 44.8 Å². The molecular formula is C13H16BrNO4. The molecule has 1 fully saturated rings. The minimum absolute atomic E-state index is 0.0651. The number of hydrogen-bond acceptors (Lipinski definition) is 4. The van der Waals surface area contributed by atoms with Gasteiger partial charge in [0.15, 0.2) is 0 Å². The molecule has 0 bridgehead atoms. The molecule has 0 saturated heterocycles. The average Bonchev–Trinajstić information content (AvgIpc) is 2.34. The zero-order valence-corrected chi connectivity index (χ0v) is 12.2. The maximum absolute atomic E-state index is 11.1. The van der Waals surface area contributed by atoms with Crippen LogP contribution in [0.25, 0.3) is 0 Å². The average molecular weight is 330 g/mol. The first-order valence-corrected chi connectivity index (χ1v) is 7.07. The zero-order valence-electron chi connectivity index (χ0n) is 10.6. The molecule has 6 heteroatoms. The molecule has 1 N–H and O–H groups in total. The highest BCUT2D eigenvalue weighted by Crippen LogP contribution is 2.36. The second-order valence-electron chi connectivity index (χ2n) is 4.84. The molecule has 0 aromatic heterocycles. The number of halogens is 1. The minimum atomic E-state index is -0.545. The molecule has 2 unspecified atom stereocenters. The lowest BCUT2D eigenvalue weighted by atomic mass is 9.94. The Bertz CT molecular complexity index is 492. The SMILES string of the molecule is Cc1cc(Br)cc([N+](=O)[O-])c1OC1CCCCC1O. The third-order valence-corrected chi connectivity index (χ3v) is 3.81. The highest BCUT2D eigenvalue weighted by Gasteiger charge is 2.28. The number of nitro benzene ring substituents is 1. The summed E-state index contributed by atoms with van der Waals surface area (Å²) in [7, 11) is 0. The van der Waals surface area contributed by atoms with Crippen molar-refractivity contribution in [1.29, 1.82) is 0 Å². The van der Waals surface area contributed by atoms with E-state index in [1.165, 1.54) is 6.07 Å². The van der Waals surface area contributed by atoms with Gasteiger partial charge in [-0.05, 0) is 37.8 Å². The van der Waals surface area contributed by atoms with Crippen LogP contribution in [-0.2, 0) is 0 Å². The lowest BCUT2D eigenvalue weighted by Crippen LogP contribution is -2.35. The molecule has 1 aromatic rings. The van der Waals surface area contributed by atoms with Crippen LogP contribution < -0.4 is 4.74 Å². The number of nitrogens with zero attached hydrogens (tertiary/aromatic N) is 1. The van der Waals surface area contributed by atoms with Crippen molar-refractivity contribution in [2.75, 3.05) is 0 Å². The van der Waals surface area contributed by atoms with E-state index >= 15 is 0 Å². The smallest absolute Gasteiger partial charge is 0.312 e. The lowest BCUT2D eigenvalue weighted by molar-refractivity contribution is -0.386. The van der Waals surface area contributed by atoms with E-state index in [4.69, 9.17) is 4.74 Å². The molecule has 0 radical (unpaired) electrons. The lowest BCUT2D eigenvalue weighted by Gasteiger charge is -2.28. The summed E-state index contributed by atoms with van der Waals surface area (Å²) in [6, 6.07) is 3.20. The number of aryl methyl sites for hydroxylation is 1. The van der Waals surface area contributed by atoms with Crippen LogP contribution in [0.4, 0.5) is 5.69 Å². The number of benzene rings is 1. The number of rotatable bonds is 3. The van der Waals surface area contributed by atoms with Crippen LogP contribution in [0.5, 0.6) is 5.75 Å². The Hall–Kier alpha value is -1.14. The van der Waals surface area contributed by atoms with Gasteiger partial charge in [0.25, 0.3) is 0 Å². The molecule has 1 aliphatic rings. The Morgan fingerprint density at radius 3 is 2.74 bits per heavy atom. The van der Waals surface area contributed by atoms with E-state index in [2.05, 4.69) is 15.9 Å². The highest BCUT2D eigenvalue weighted by atomic mass is 79.9. The first-order valence-electron chi connectivity index (χ1n) is 6.28. The molecule has 0 aliphatic heterocycles. The number of aliphatic hydroxyl groups is 1. The fourth-order valence-electron chi connectivity index (χ4n) is 2.37. The Morgan fingerprint density at radius 1 is 1.42 bits per heavy atom. The van der Waals surface area contributed by atoms with E-state index in [0.29, 0.717) is 16.5 Å². The van der Waals surface area contributed by atoms with Gasteiger partial charge in [0, 0.05) is 10.5 Å². The quantitative estimate of drug-likeness (QED) is 0.681. The van der Waals surface area contributed by atoms with Crippen molar-refractivity contribution < 1.29 is 14.8 Å². The third-order valence-electron chi connectivity index (χ3n) is 3.35. The van der Waals surface area contributed by atoms with Gasteiger partial charge in [-0.2, -0.15) is 0 Å². The summed E-state index contributed by atoms with van der Waals surface area (Å²) in [5.74, 6) is 0.263. The molecule has 2 rings (SSSR count). The standard InChI is InChI=1S/C13H16BrNO4/c1-8-6-9(14)7-10(15(17)18)13(8)19-12-5-3-2-4-11(12)16/h6-7,11-12,16H,2-5H2,1H3. The number of aliphatic hydroxyl groups excluding tert-OH is 1. The van der Waals surface area contributed by atoms with Gasteiger partial charge in [0.1, 0.15) is 6.10 Å². The summed E-state index contributed by atoms with van der Waals surface area (Å²) in [5.41, 5.74) is 0.628. The predicted molar refractivity (Wildman–Crippen MR) is 74.4 cm³/mol. The van der Waals surface area contributed by atoms with Gasteiger partial charge in [0.2, 0.25) is 5.75 Å². The van der Waals surface area contributed by atoms with Crippen LogP contribution in [0.1, 0.15) is 31.2 Å². The molecule has 0 amide bonds.